The number of aliphatic hydroxyl groups excluding tert-OH is 1. The lowest BCUT2D eigenvalue weighted by molar-refractivity contribution is 0.279. The first kappa shape index (κ1) is 16.3. The van der Waals surface area contributed by atoms with Gasteiger partial charge in [-0.2, -0.15) is 5.10 Å². The van der Waals surface area contributed by atoms with E-state index in [1.54, 1.807) is 4.57 Å². The summed E-state index contributed by atoms with van der Waals surface area (Å²) in [5.41, 5.74) is -0.105. The van der Waals surface area contributed by atoms with Gasteiger partial charge < -0.3 is 9.84 Å². The molecule has 0 fully saturated rings. The molecule has 1 aromatic carbocycles. The molecule has 0 aliphatic heterocycles. The van der Waals surface area contributed by atoms with Crippen LogP contribution in [0.3, 0.4) is 0 Å². The van der Waals surface area contributed by atoms with Gasteiger partial charge in [0.2, 0.25) is 0 Å². The van der Waals surface area contributed by atoms with E-state index in [0.717, 1.165) is 18.0 Å². The smallest absolute Gasteiger partial charge is 0.346 e. The number of nitrogens with zero attached hydrogens (tertiary/aromatic N) is 3. The summed E-state index contributed by atoms with van der Waals surface area (Å²) in [5.74, 6) is 1.56. The molecule has 1 aromatic heterocycles. The third-order valence-corrected chi connectivity index (χ3v) is 3.42. The van der Waals surface area contributed by atoms with Gasteiger partial charge in [0.15, 0.2) is 0 Å². The molecule has 0 saturated carbocycles. The highest BCUT2D eigenvalue weighted by molar-refractivity contribution is 5.20. The number of unbranched alkanes of at least 4 members (excludes halogenated alkanes) is 1. The van der Waals surface area contributed by atoms with Gasteiger partial charge in [-0.15, -0.1) is 0 Å². The number of aryl methyl sites for hydroxylation is 2. The number of hydrogen-bond acceptors (Lipinski definition) is 4. The summed E-state index contributed by atoms with van der Waals surface area (Å²) >= 11 is 0. The lowest BCUT2D eigenvalue weighted by atomic mass is 10.3. The van der Waals surface area contributed by atoms with Crippen LogP contribution in [0, 0.1) is 0 Å². The normalized spacial score (nSPS) is 10.8. The average Bonchev–Trinajstić information content (AvgIpc) is 2.85. The number of para-hydroxylation sites is 1. The Bertz CT molecular complexity index is 619. The summed E-state index contributed by atoms with van der Waals surface area (Å²) in [7, 11) is 0. The van der Waals surface area contributed by atoms with Crippen LogP contribution in [0.4, 0.5) is 0 Å². The van der Waals surface area contributed by atoms with Crippen LogP contribution in [0.2, 0.25) is 0 Å². The van der Waals surface area contributed by atoms with Crippen LogP contribution in [0.1, 0.15) is 25.6 Å². The van der Waals surface area contributed by atoms with Gasteiger partial charge in [-0.1, -0.05) is 25.1 Å². The predicted molar refractivity (Wildman–Crippen MR) is 84.1 cm³/mol. The molecule has 0 spiro atoms. The molecule has 22 heavy (non-hydrogen) atoms. The zero-order valence-electron chi connectivity index (χ0n) is 12.9. The Kier molecular flexibility index (Phi) is 6.21. The minimum atomic E-state index is -0.105. The second-order valence-corrected chi connectivity index (χ2v) is 5.02. The Morgan fingerprint density at radius 3 is 2.64 bits per heavy atom. The lowest BCUT2D eigenvalue weighted by Gasteiger charge is -2.07. The van der Waals surface area contributed by atoms with Crippen LogP contribution in [0.25, 0.3) is 0 Å². The number of hydrogen-bond donors (Lipinski definition) is 1. The van der Waals surface area contributed by atoms with Crippen molar-refractivity contribution in [2.24, 2.45) is 0 Å². The SMILES string of the molecule is CCc1nn(CCCCO)c(=O)n1CCOc1ccccc1. The van der Waals surface area contributed by atoms with Gasteiger partial charge in [0, 0.05) is 19.6 Å². The lowest BCUT2D eigenvalue weighted by Crippen LogP contribution is -2.27. The molecule has 2 aromatic rings. The van der Waals surface area contributed by atoms with Gasteiger partial charge in [0.25, 0.3) is 0 Å². The summed E-state index contributed by atoms with van der Waals surface area (Å²) in [6.07, 6.45) is 2.13. The van der Waals surface area contributed by atoms with Crippen LogP contribution in [-0.2, 0) is 19.5 Å². The summed E-state index contributed by atoms with van der Waals surface area (Å²) in [4.78, 5) is 12.3. The molecule has 0 atom stereocenters. The zero-order valence-corrected chi connectivity index (χ0v) is 12.9. The zero-order chi connectivity index (χ0) is 15.8. The molecule has 0 aliphatic rings. The highest BCUT2D eigenvalue weighted by Gasteiger charge is 2.11. The quantitative estimate of drug-likeness (QED) is 0.712. The number of aromatic nitrogens is 3. The average molecular weight is 305 g/mol. The van der Waals surface area contributed by atoms with Crippen molar-refractivity contribution in [3.8, 4) is 5.75 Å². The molecule has 0 unspecified atom stereocenters. The second-order valence-electron chi connectivity index (χ2n) is 5.02. The minimum absolute atomic E-state index is 0.105. The molecular formula is C16H23N3O3. The van der Waals surface area contributed by atoms with Crippen molar-refractivity contribution in [3.05, 3.63) is 46.6 Å². The Morgan fingerprint density at radius 1 is 1.18 bits per heavy atom. The maximum Gasteiger partial charge on any atom is 0.346 e. The number of ether oxygens (including phenoxy) is 1. The van der Waals surface area contributed by atoms with E-state index in [9.17, 15) is 4.79 Å². The Labute approximate surface area is 130 Å². The molecule has 0 bridgehead atoms. The molecule has 0 saturated heterocycles. The van der Waals surface area contributed by atoms with Crippen molar-refractivity contribution in [1.29, 1.82) is 0 Å². The van der Waals surface area contributed by atoms with Crippen LogP contribution in [0.15, 0.2) is 35.1 Å². The first-order chi connectivity index (χ1) is 10.8. The molecule has 6 nitrogen and oxygen atoms in total. The summed E-state index contributed by atoms with van der Waals surface area (Å²) in [5, 5.41) is 13.2. The van der Waals surface area contributed by atoms with Crippen molar-refractivity contribution >= 4 is 0 Å². The molecule has 6 heteroatoms. The highest BCUT2D eigenvalue weighted by atomic mass is 16.5. The van der Waals surface area contributed by atoms with Crippen molar-refractivity contribution in [2.75, 3.05) is 13.2 Å². The van der Waals surface area contributed by atoms with E-state index in [0.29, 0.717) is 32.5 Å². The fraction of sp³-hybridized carbons (Fsp3) is 0.500. The first-order valence-corrected chi connectivity index (χ1v) is 7.71. The maximum absolute atomic E-state index is 12.3. The van der Waals surface area contributed by atoms with E-state index >= 15 is 0 Å². The third kappa shape index (κ3) is 4.21. The van der Waals surface area contributed by atoms with Crippen molar-refractivity contribution in [2.45, 2.75) is 39.3 Å². The molecule has 2 rings (SSSR count). The molecule has 0 amide bonds. The molecule has 0 aliphatic carbocycles. The van der Waals surface area contributed by atoms with Crippen LogP contribution in [-0.4, -0.2) is 32.7 Å². The van der Waals surface area contributed by atoms with Crippen LogP contribution < -0.4 is 10.4 Å². The maximum atomic E-state index is 12.3. The topological polar surface area (TPSA) is 69.3 Å². The van der Waals surface area contributed by atoms with Crippen molar-refractivity contribution in [1.82, 2.24) is 14.3 Å². The van der Waals surface area contributed by atoms with E-state index in [1.807, 2.05) is 37.3 Å². The highest BCUT2D eigenvalue weighted by Crippen LogP contribution is 2.08. The number of benzene rings is 1. The largest absolute Gasteiger partial charge is 0.492 e. The Morgan fingerprint density at radius 2 is 1.95 bits per heavy atom. The first-order valence-electron chi connectivity index (χ1n) is 7.71. The fourth-order valence-corrected chi connectivity index (χ4v) is 2.26. The van der Waals surface area contributed by atoms with Gasteiger partial charge >= 0.3 is 5.69 Å². The van der Waals surface area contributed by atoms with Crippen LogP contribution >= 0.6 is 0 Å². The Balaban J connectivity index is 1.98. The van der Waals surface area contributed by atoms with E-state index < -0.39 is 0 Å². The van der Waals surface area contributed by atoms with E-state index in [1.165, 1.54) is 4.68 Å². The summed E-state index contributed by atoms with van der Waals surface area (Å²) in [6.45, 7) is 3.57. The minimum Gasteiger partial charge on any atom is -0.492 e. The summed E-state index contributed by atoms with van der Waals surface area (Å²) < 4.78 is 8.79. The molecule has 120 valence electrons. The molecule has 0 radical (unpaired) electrons. The number of rotatable bonds is 9. The predicted octanol–water partition coefficient (Wildman–Crippen LogP) is 1.46. The third-order valence-electron chi connectivity index (χ3n) is 3.42. The van der Waals surface area contributed by atoms with Crippen molar-refractivity contribution < 1.29 is 9.84 Å². The van der Waals surface area contributed by atoms with Gasteiger partial charge in [-0.05, 0) is 25.0 Å². The monoisotopic (exact) mass is 305 g/mol. The van der Waals surface area contributed by atoms with Crippen molar-refractivity contribution in [3.63, 3.8) is 0 Å². The second kappa shape index (κ2) is 8.38. The number of aliphatic hydroxyl groups is 1. The fourth-order valence-electron chi connectivity index (χ4n) is 2.26. The van der Waals surface area contributed by atoms with E-state index in [4.69, 9.17) is 9.84 Å². The van der Waals surface area contributed by atoms with Gasteiger partial charge in [0.1, 0.15) is 18.2 Å². The Hall–Kier alpha value is -2.08. The van der Waals surface area contributed by atoms with Crippen LogP contribution in [0.5, 0.6) is 5.75 Å². The molecule has 1 N–H and O–H groups in total. The summed E-state index contributed by atoms with van der Waals surface area (Å²) in [6, 6.07) is 9.54. The van der Waals surface area contributed by atoms with Gasteiger partial charge in [-0.25, -0.2) is 9.48 Å². The molecule has 1 heterocycles. The standard InChI is InChI=1S/C16H23N3O3/c1-2-15-17-19(10-6-7-12-20)16(21)18(15)11-13-22-14-8-4-3-5-9-14/h3-5,8-9,20H,2,6-7,10-13H2,1H3. The van der Waals surface area contributed by atoms with Gasteiger partial charge in [0.05, 0.1) is 6.54 Å². The van der Waals surface area contributed by atoms with Gasteiger partial charge in [-0.3, -0.25) is 4.57 Å². The molecular weight excluding hydrogens is 282 g/mol. The van der Waals surface area contributed by atoms with E-state index in [2.05, 4.69) is 5.10 Å². The van der Waals surface area contributed by atoms with E-state index in [-0.39, 0.29) is 12.3 Å².